The van der Waals surface area contributed by atoms with Crippen LogP contribution >= 0.6 is 0 Å². The van der Waals surface area contributed by atoms with Crippen molar-refractivity contribution in [2.24, 2.45) is 0 Å². The number of pyridine rings is 1. The van der Waals surface area contributed by atoms with Crippen LogP contribution in [0.1, 0.15) is 46.2 Å². The number of amides is 1. The van der Waals surface area contributed by atoms with Crippen molar-refractivity contribution in [1.82, 2.24) is 14.5 Å². The molecule has 4 rings (SSSR count). The molecule has 3 aromatic rings. The van der Waals surface area contributed by atoms with Crippen LogP contribution in [0, 0.1) is 13.8 Å². The third-order valence-corrected chi connectivity index (χ3v) is 5.24. The number of hydrogen-bond donors (Lipinski definition) is 0. The summed E-state index contributed by atoms with van der Waals surface area (Å²) in [5.41, 5.74) is 3.97. The molecule has 4 nitrogen and oxygen atoms in total. The first kappa shape index (κ1) is 16.6. The summed E-state index contributed by atoms with van der Waals surface area (Å²) >= 11 is 0. The Kier molecular flexibility index (Phi) is 4.33. The van der Waals surface area contributed by atoms with Crippen molar-refractivity contribution in [3.05, 3.63) is 83.3 Å². The Balaban J connectivity index is 1.69. The summed E-state index contributed by atoms with van der Waals surface area (Å²) in [6.07, 6.45) is 3.85. The van der Waals surface area contributed by atoms with Crippen molar-refractivity contribution in [3.63, 3.8) is 0 Å². The van der Waals surface area contributed by atoms with Crippen LogP contribution in [0.4, 0.5) is 0 Å². The second-order valence-corrected chi connectivity index (χ2v) is 6.88. The van der Waals surface area contributed by atoms with E-state index in [2.05, 4.69) is 21.7 Å². The van der Waals surface area contributed by atoms with E-state index >= 15 is 0 Å². The smallest absolute Gasteiger partial charge is 0.256 e. The van der Waals surface area contributed by atoms with Crippen LogP contribution < -0.4 is 0 Å². The number of rotatable bonds is 3. The molecule has 0 spiro atoms. The maximum Gasteiger partial charge on any atom is 0.256 e. The standard InChI is InChI=1S/C22H23N3O/c1-16-15-19(17(2)25(16)21-12-6-7-13-23-21)22(26)24-14-8-11-20(24)18-9-4-3-5-10-18/h3-7,9-10,12-13,15,20H,8,11,14H2,1-2H3/t20-/m0/s1. The summed E-state index contributed by atoms with van der Waals surface area (Å²) in [7, 11) is 0. The van der Waals surface area contributed by atoms with Crippen LogP contribution in [-0.2, 0) is 0 Å². The molecule has 1 aliphatic heterocycles. The van der Waals surface area contributed by atoms with Gasteiger partial charge in [0.15, 0.2) is 0 Å². The van der Waals surface area contributed by atoms with Gasteiger partial charge < -0.3 is 9.47 Å². The van der Waals surface area contributed by atoms with Gasteiger partial charge in [0.1, 0.15) is 5.82 Å². The molecule has 0 bridgehead atoms. The molecule has 4 heteroatoms. The van der Waals surface area contributed by atoms with Gasteiger partial charge in [-0.15, -0.1) is 0 Å². The largest absolute Gasteiger partial charge is 0.332 e. The molecule has 1 saturated heterocycles. The second-order valence-electron chi connectivity index (χ2n) is 6.88. The Labute approximate surface area is 154 Å². The predicted octanol–water partition coefficient (Wildman–Crippen LogP) is 4.47. The predicted molar refractivity (Wildman–Crippen MR) is 102 cm³/mol. The minimum atomic E-state index is 0.117. The molecule has 0 unspecified atom stereocenters. The Morgan fingerprint density at radius 2 is 1.85 bits per heavy atom. The number of carbonyl (C=O) groups is 1. The molecule has 26 heavy (non-hydrogen) atoms. The molecule has 1 amide bonds. The lowest BCUT2D eigenvalue weighted by Gasteiger charge is -2.25. The Morgan fingerprint density at radius 3 is 2.58 bits per heavy atom. The zero-order valence-corrected chi connectivity index (χ0v) is 15.2. The van der Waals surface area contributed by atoms with Gasteiger partial charge in [-0.25, -0.2) is 4.98 Å². The fourth-order valence-electron chi connectivity index (χ4n) is 4.00. The van der Waals surface area contributed by atoms with E-state index in [9.17, 15) is 4.79 Å². The summed E-state index contributed by atoms with van der Waals surface area (Å²) in [6.45, 7) is 4.84. The highest BCUT2D eigenvalue weighted by molar-refractivity contribution is 5.96. The second kappa shape index (κ2) is 6.79. The van der Waals surface area contributed by atoms with E-state index in [0.717, 1.165) is 42.2 Å². The van der Waals surface area contributed by atoms with E-state index in [1.165, 1.54) is 5.56 Å². The molecule has 1 fully saturated rings. The first-order valence-corrected chi connectivity index (χ1v) is 9.13. The van der Waals surface area contributed by atoms with Gasteiger partial charge in [-0.05, 0) is 50.5 Å². The molecule has 0 radical (unpaired) electrons. The van der Waals surface area contributed by atoms with Crippen molar-refractivity contribution >= 4 is 5.91 Å². The lowest BCUT2D eigenvalue weighted by atomic mass is 10.0. The average Bonchev–Trinajstić information content (AvgIpc) is 3.27. The zero-order chi connectivity index (χ0) is 18.1. The molecule has 1 aromatic carbocycles. The normalized spacial score (nSPS) is 16.8. The summed E-state index contributed by atoms with van der Waals surface area (Å²) in [5, 5.41) is 0. The molecular formula is C22H23N3O. The summed E-state index contributed by atoms with van der Waals surface area (Å²) in [4.78, 5) is 19.8. The van der Waals surface area contributed by atoms with Gasteiger partial charge in [0.2, 0.25) is 0 Å². The lowest BCUT2D eigenvalue weighted by molar-refractivity contribution is 0.0735. The topological polar surface area (TPSA) is 38.1 Å². The Morgan fingerprint density at radius 1 is 1.08 bits per heavy atom. The number of benzene rings is 1. The van der Waals surface area contributed by atoms with Crippen LogP contribution in [0.2, 0.25) is 0 Å². The first-order valence-electron chi connectivity index (χ1n) is 9.13. The number of aromatic nitrogens is 2. The van der Waals surface area contributed by atoms with Crippen LogP contribution in [0.3, 0.4) is 0 Å². The van der Waals surface area contributed by atoms with E-state index in [1.807, 2.05) is 61.2 Å². The molecule has 2 aromatic heterocycles. The molecular weight excluding hydrogens is 322 g/mol. The van der Waals surface area contributed by atoms with Crippen molar-refractivity contribution in [3.8, 4) is 5.82 Å². The molecule has 132 valence electrons. The van der Waals surface area contributed by atoms with Gasteiger partial charge in [-0.3, -0.25) is 4.79 Å². The highest BCUT2D eigenvalue weighted by atomic mass is 16.2. The number of hydrogen-bond acceptors (Lipinski definition) is 2. The minimum absolute atomic E-state index is 0.117. The average molecular weight is 345 g/mol. The van der Waals surface area contributed by atoms with Crippen LogP contribution in [0.15, 0.2) is 60.8 Å². The van der Waals surface area contributed by atoms with Gasteiger partial charge in [0.05, 0.1) is 11.6 Å². The molecule has 0 aliphatic carbocycles. The summed E-state index contributed by atoms with van der Waals surface area (Å²) in [6, 6.07) is 18.3. The fourth-order valence-corrected chi connectivity index (χ4v) is 4.00. The maximum atomic E-state index is 13.3. The molecule has 0 N–H and O–H groups in total. The van der Waals surface area contributed by atoms with Crippen LogP contribution in [0.5, 0.6) is 0 Å². The molecule has 3 heterocycles. The van der Waals surface area contributed by atoms with E-state index in [-0.39, 0.29) is 11.9 Å². The third kappa shape index (κ3) is 2.81. The van der Waals surface area contributed by atoms with Gasteiger partial charge in [-0.2, -0.15) is 0 Å². The quantitative estimate of drug-likeness (QED) is 0.702. The Hall–Kier alpha value is -2.88. The summed E-state index contributed by atoms with van der Waals surface area (Å²) < 4.78 is 2.06. The van der Waals surface area contributed by atoms with Crippen LogP contribution in [-0.4, -0.2) is 26.9 Å². The number of likely N-dealkylation sites (tertiary alicyclic amines) is 1. The van der Waals surface area contributed by atoms with E-state index < -0.39 is 0 Å². The van der Waals surface area contributed by atoms with E-state index in [1.54, 1.807) is 6.20 Å². The highest BCUT2D eigenvalue weighted by Gasteiger charge is 2.32. The summed E-state index contributed by atoms with van der Waals surface area (Å²) in [5.74, 6) is 0.967. The highest BCUT2D eigenvalue weighted by Crippen LogP contribution is 2.34. The zero-order valence-electron chi connectivity index (χ0n) is 15.2. The SMILES string of the molecule is Cc1cc(C(=O)N2CCC[C@H]2c2ccccc2)c(C)n1-c1ccccn1. The van der Waals surface area contributed by atoms with Crippen molar-refractivity contribution < 1.29 is 4.79 Å². The fraction of sp³-hybridized carbons (Fsp3) is 0.273. The van der Waals surface area contributed by atoms with Crippen molar-refractivity contribution in [1.29, 1.82) is 0 Å². The molecule has 1 atom stereocenters. The van der Waals surface area contributed by atoms with Gasteiger partial charge in [0.25, 0.3) is 5.91 Å². The molecule has 0 saturated carbocycles. The van der Waals surface area contributed by atoms with Gasteiger partial charge in [-0.1, -0.05) is 36.4 Å². The monoisotopic (exact) mass is 345 g/mol. The van der Waals surface area contributed by atoms with Crippen molar-refractivity contribution in [2.45, 2.75) is 32.7 Å². The first-order chi connectivity index (χ1) is 12.7. The van der Waals surface area contributed by atoms with E-state index in [4.69, 9.17) is 0 Å². The molecule has 1 aliphatic rings. The van der Waals surface area contributed by atoms with Gasteiger partial charge in [0, 0.05) is 24.1 Å². The van der Waals surface area contributed by atoms with Crippen molar-refractivity contribution in [2.75, 3.05) is 6.54 Å². The Bertz CT molecular complexity index is 915. The maximum absolute atomic E-state index is 13.3. The number of carbonyl (C=O) groups excluding carboxylic acids is 1. The number of aryl methyl sites for hydroxylation is 1. The third-order valence-electron chi connectivity index (χ3n) is 5.24. The number of nitrogens with zero attached hydrogens (tertiary/aromatic N) is 3. The minimum Gasteiger partial charge on any atom is -0.332 e. The van der Waals surface area contributed by atoms with E-state index in [0.29, 0.717) is 0 Å². The van der Waals surface area contributed by atoms with Gasteiger partial charge >= 0.3 is 0 Å². The van der Waals surface area contributed by atoms with Crippen LogP contribution in [0.25, 0.3) is 5.82 Å². The lowest BCUT2D eigenvalue weighted by Crippen LogP contribution is -2.30.